The molecule has 0 saturated carbocycles. The van der Waals surface area contributed by atoms with Gasteiger partial charge in [-0.2, -0.15) is 0 Å². The SMILES string of the molecule is OCCC(O)C(O)CP. The fourth-order valence-electron chi connectivity index (χ4n) is 0.482. The maximum Gasteiger partial charge on any atom is 0.0834 e. The summed E-state index contributed by atoms with van der Waals surface area (Å²) in [6.07, 6.45) is -0.814. The Morgan fingerprint density at radius 1 is 1.22 bits per heavy atom. The molecule has 0 aromatic carbocycles. The number of rotatable bonds is 4. The quantitative estimate of drug-likeness (QED) is 0.451. The maximum atomic E-state index is 8.89. The van der Waals surface area contributed by atoms with E-state index in [0.29, 0.717) is 6.16 Å². The Hall–Kier alpha value is 0.310. The first-order chi connectivity index (χ1) is 4.22. The Bertz CT molecular complexity index is 69.2. The van der Waals surface area contributed by atoms with E-state index in [1.807, 2.05) is 0 Å². The molecule has 0 aliphatic rings. The van der Waals surface area contributed by atoms with Gasteiger partial charge in [0, 0.05) is 6.61 Å². The zero-order valence-corrected chi connectivity index (χ0v) is 6.35. The van der Waals surface area contributed by atoms with Gasteiger partial charge in [-0.15, -0.1) is 9.24 Å². The van der Waals surface area contributed by atoms with Crippen molar-refractivity contribution < 1.29 is 15.3 Å². The Morgan fingerprint density at radius 2 is 1.78 bits per heavy atom. The highest BCUT2D eigenvalue weighted by Gasteiger charge is 2.12. The molecule has 3 nitrogen and oxygen atoms in total. The molecule has 0 aromatic heterocycles. The van der Waals surface area contributed by atoms with Gasteiger partial charge >= 0.3 is 0 Å². The minimum absolute atomic E-state index is 0.0805. The standard InChI is InChI=1S/C5H13O3P/c6-2-1-4(7)5(8)3-9/h4-8H,1-3,9H2. The van der Waals surface area contributed by atoms with E-state index in [0.717, 1.165) is 0 Å². The van der Waals surface area contributed by atoms with Crippen molar-refractivity contribution in [2.45, 2.75) is 18.6 Å². The molecule has 0 rings (SSSR count). The monoisotopic (exact) mass is 152 g/mol. The van der Waals surface area contributed by atoms with Crippen LogP contribution >= 0.6 is 9.24 Å². The van der Waals surface area contributed by atoms with Crippen LogP contribution in [0.1, 0.15) is 6.42 Å². The zero-order valence-electron chi connectivity index (χ0n) is 5.20. The van der Waals surface area contributed by atoms with Crippen molar-refractivity contribution in [3.8, 4) is 0 Å². The number of aliphatic hydroxyl groups excluding tert-OH is 3. The van der Waals surface area contributed by atoms with E-state index in [1.54, 1.807) is 0 Å². The van der Waals surface area contributed by atoms with E-state index in [-0.39, 0.29) is 13.0 Å². The minimum Gasteiger partial charge on any atom is -0.396 e. The molecule has 3 atom stereocenters. The molecule has 0 aliphatic carbocycles. The lowest BCUT2D eigenvalue weighted by molar-refractivity contribution is 0.0187. The lowest BCUT2D eigenvalue weighted by Gasteiger charge is -2.13. The van der Waals surface area contributed by atoms with Gasteiger partial charge in [-0.3, -0.25) is 0 Å². The van der Waals surface area contributed by atoms with Crippen LogP contribution in [0.25, 0.3) is 0 Å². The molecule has 3 unspecified atom stereocenters. The van der Waals surface area contributed by atoms with Crippen molar-refractivity contribution in [2.75, 3.05) is 12.8 Å². The molecule has 0 saturated heterocycles. The molecule has 0 heterocycles. The Balaban J connectivity index is 3.32. The van der Waals surface area contributed by atoms with Crippen molar-refractivity contribution in [2.24, 2.45) is 0 Å². The fraction of sp³-hybridized carbons (Fsp3) is 1.00. The van der Waals surface area contributed by atoms with Gasteiger partial charge < -0.3 is 15.3 Å². The molecule has 0 aliphatic heterocycles. The largest absolute Gasteiger partial charge is 0.396 e. The van der Waals surface area contributed by atoms with E-state index < -0.39 is 12.2 Å². The third kappa shape index (κ3) is 3.82. The van der Waals surface area contributed by atoms with E-state index in [4.69, 9.17) is 15.3 Å². The highest BCUT2D eigenvalue weighted by molar-refractivity contribution is 7.16. The first-order valence-corrected chi connectivity index (χ1v) is 3.71. The molecule has 0 radical (unpaired) electrons. The second-order valence-electron chi connectivity index (χ2n) is 1.88. The predicted molar refractivity (Wildman–Crippen MR) is 38.3 cm³/mol. The highest BCUT2D eigenvalue weighted by atomic mass is 31.0. The molecular weight excluding hydrogens is 139 g/mol. The molecular formula is C5H13O3P. The summed E-state index contributed by atoms with van der Waals surface area (Å²) in [5.41, 5.74) is 0. The van der Waals surface area contributed by atoms with Crippen LogP contribution in [-0.4, -0.2) is 40.3 Å². The summed E-state index contributed by atoms with van der Waals surface area (Å²) in [6, 6.07) is 0. The number of hydrogen-bond donors (Lipinski definition) is 3. The molecule has 56 valence electrons. The second kappa shape index (κ2) is 5.12. The molecule has 0 amide bonds. The van der Waals surface area contributed by atoms with Gasteiger partial charge in [0.15, 0.2) is 0 Å². The Kier molecular flexibility index (Phi) is 5.30. The van der Waals surface area contributed by atoms with Crippen LogP contribution < -0.4 is 0 Å². The van der Waals surface area contributed by atoms with Gasteiger partial charge in [-0.25, -0.2) is 0 Å². The van der Waals surface area contributed by atoms with E-state index in [1.165, 1.54) is 0 Å². The smallest absolute Gasteiger partial charge is 0.0834 e. The molecule has 3 N–H and O–H groups in total. The van der Waals surface area contributed by atoms with Gasteiger partial charge in [0.1, 0.15) is 0 Å². The summed E-state index contributed by atoms with van der Waals surface area (Å²) in [4.78, 5) is 0. The first-order valence-electron chi connectivity index (χ1n) is 2.89. The van der Waals surface area contributed by atoms with Crippen molar-refractivity contribution in [3.63, 3.8) is 0 Å². The van der Waals surface area contributed by atoms with Gasteiger partial charge in [0.2, 0.25) is 0 Å². The van der Waals surface area contributed by atoms with Gasteiger partial charge in [-0.1, -0.05) is 0 Å². The highest BCUT2D eigenvalue weighted by Crippen LogP contribution is 2.00. The van der Waals surface area contributed by atoms with Gasteiger partial charge in [-0.05, 0) is 12.6 Å². The molecule has 0 fully saturated rings. The van der Waals surface area contributed by atoms with Crippen LogP contribution in [0.4, 0.5) is 0 Å². The average Bonchev–Trinajstić information content (AvgIpc) is 1.87. The van der Waals surface area contributed by atoms with Crippen molar-refractivity contribution in [1.29, 1.82) is 0 Å². The van der Waals surface area contributed by atoms with Crippen molar-refractivity contribution >= 4 is 9.24 Å². The van der Waals surface area contributed by atoms with Gasteiger partial charge in [0.25, 0.3) is 0 Å². The topological polar surface area (TPSA) is 60.7 Å². The normalized spacial score (nSPS) is 17.3. The van der Waals surface area contributed by atoms with Crippen LogP contribution in [0.15, 0.2) is 0 Å². The lowest BCUT2D eigenvalue weighted by atomic mass is 10.2. The molecule has 9 heavy (non-hydrogen) atoms. The van der Waals surface area contributed by atoms with E-state index in [2.05, 4.69) is 9.24 Å². The molecule has 0 aromatic rings. The maximum absolute atomic E-state index is 8.89. The summed E-state index contributed by atoms with van der Waals surface area (Å²) in [6.45, 7) is -0.0805. The second-order valence-corrected chi connectivity index (χ2v) is 2.35. The summed E-state index contributed by atoms with van der Waals surface area (Å²) < 4.78 is 0. The molecule has 0 bridgehead atoms. The third-order valence-electron chi connectivity index (χ3n) is 1.11. The summed E-state index contributed by atoms with van der Waals surface area (Å²) >= 11 is 0. The third-order valence-corrected chi connectivity index (χ3v) is 1.59. The lowest BCUT2D eigenvalue weighted by Crippen LogP contribution is -2.27. The average molecular weight is 152 g/mol. The van der Waals surface area contributed by atoms with Crippen LogP contribution in [0.3, 0.4) is 0 Å². The summed E-state index contributed by atoms with van der Waals surface area (Å²) in [5.74, 6) is 0. The van der Waals surface area contributed by atoms with Crippen molar-refractivity contribution in [1.82, 2.24) is 0 Å². The minimum atomic E-state index is -0.785. The molecule has 4 heteroatoms. The number of hydrogen-bond acceptors (Lipinski definition) is 3. The summed E-state index contributed by atoms with van der Waals surface area (Å²) in [7, 11) is 2.32. The van der Waals surface area contributed by atoms with Crippen LogP contribution in [0.2, 0.25) is 0 Å². The van der Waals surface area contributed by atoms with E-state index >= 15 is 0 Å². The summed E-state index contributed by atoms with van der Waals surface area (Å²) in [5, 5.41) is 26.1. The van der Waals surface area contributed by atoms with E-state index in [9.17, 15) is 0 Å². The van der Waals surface area contributed by atoms with Crippen LogP contribution in [0, 0.1) is 0 Å². The fourth-order valence-corrected chi connectivity index (χ4v) is 0.796. The van der Waals surface area contributed by atoms with Crippen molar-refractivity contribution in [3.05, 3.63) is 0 Å². The zero-order chi connectivity index (χ0) is 7.28. The predicted octanol–water partition coefficient (Wildman–Crippen LogP) is -1.03. The van der Waals surface area contributed by atoms with Crippen LogP contribution in [0.5, 0.6) is 0 Å². The Morgan fingerprint density at radius 3 is 2.11 bits per heavy atom. The molecule has 0 spiro atoms. The van der Waals surface area contributed by atoms with Gasteiger partial charge in [0.05, 0.1) is 12.2 Å². The number of aliphatic hydroxyl groups is 3. The first kappa shape index (κ1) is 9.31. The van der Waals surface area contributed by atoms with Crippen LogP contribution in [-0.2, 0) is 0 Å². The Labute approximate surface area is 56.9 Å².